The number of nitrogens with one attached hydrogen (secondary N) is 1. The number of hydrogen-bond acceptors (Lipinski definition) is 5. The van der Waals surface area contributed by atoms with Crippen LogP contribution in [0.3, 0.4) is 0 Å². The van der Waals surface area contributed by atoms with E-state index in [1.165, 1.54) is 31.2 Å². The van der Waals surface area contributed by atoms with Gasteiger partial charge in [0, 0.05) is 31.2 Å². The molecule has 0 aliphatic rings. The lowest BCUT2D eigenvalue weighted by atomic mass is 9.88. The van der Waals surface area contributed by atoms with Crippen molar-refractivity contribution in [2.24, 2.45) is 0 Å². The predicted molar refractivity (Wildman–Crippen MR) is 177 cm³/mol. The van der Waals surface area contributed by atoms with Gasteiger partial charge in [-0.25, -0.2) is 0 Å². The summed E-state index contributed by atoms with van der Waals surface area (Å²) in [7, 11) is -0.505. The van der Waals surface area contributed by atoms with Crippen LogP contribution in [0.25, 0.3) is 0 Å². The minimum absolute atomic E-state index is 0.100. The predicted octanol–water partition coefficient (Wildman–Crippen LogP) is 6.92. The lowest BCUT2D eigenvalue weighted by molar-refractivity contribution is -0.131. The van der Waals surface area contributed by atoms with Crippen LogP contribution in [0.1, 0.15) is 101 Å². The van der Waals surface area contributed by atoms with E-state index in [0.717, 1.165) is 30.4 Å². The molecule has 1 amide bonds. The average Bonchev–Trinajstić information content (AvgIpc) is 2.92. The first kappa shape index (κ1) is 36.0. The number of benzene rings is 2. The molecule has 0 saturated carbocycles. The third kappa shape index (κ3) is 11.1. The molecule has 0 radical (unpaired) electrons. The second kappa shape index (κ2) is 16.6. The molecule has 3 atom stereocenters. The summed E-state index contributed by atoms with van der Waals surface area (Å²) in [6.45, 7) is 15.3. The molecule has 0 heterocycles. The summed E-state index contributed by atoms with van der Waals surface area (Å²) in [6, 6.07) is 14.3. The Morgan fingerprint density at radius 2 is 1.74 bits per heavy atom. The number of phenols is 1. The van der Waals surface area contributed by atoms with Crippen molar-refractivity contribution in [3.05, 3.63) is 64.7 Å². The van der Waals surface area contributed by atoms with Crippen LogP contribution in [0.2, 0.25) is 18.1 Å². The van der Waals surface area contributed by atoms with Crippen molar-refractivity contribution in [1.82, 2.24) is 10.2 Å². The number of aromatic hydroxyl groups is 1. The topological polar surface area (TPSA) is 93.0 Å². The molecular formula is C35H58N2O4Si. The molecule has 0 spiro atoms. The molecular weight excluding hydrogens is 540 g/mol. The smallest absolute Gasteiger partial charge is 0.226 e. The summed E-state index contributed by atoms with van der Waals surface area (Å²) in [5.74, 6) is 0.373. The van der Waals surface area contributed by atoms with Crippen molar-refractivity contribution in [2.45, 2.75) is 129 Å². The van der Waals surface area contributed by atoms with Gasteiger partial charge in [-0.1, -0.05) is 76.8 Å². The van der Waals surface area contributed by atoms with E-state index in [-0.39, 0.29) is 41.3 Å². The number of carbonyl (C=O) groups excluding carboxylic acids is 1. The van der Waals surface area contributed by atoms with Crippen LogP contribution < -0.4 is 5.32 Å². The maximum absolute atomic E-state index is 13.0. The molecule has 4 N–H and O–H groups in total. The number of rotatable bonds is 18. The van der Waals surface area contributed by atoms with E-state index in [1.54, 1.807) is 6.07 Å². The van der Waals surface area contributed by atoms with Gasteiger partial charge >= 0.3 is 0 Å². The van der Waals surface area contributed by atoms with Gasteiger partial charge < -0.3 is 25.2 Å². The van der Waals surface area contributed by atoms with Crippen molar-refractivity contribution in [2.75, 3.05) is 13.6 Å². The molecule has 0 saturated heterocycles. The first-order chi connectivity index (χ1) is 19.7. The van der Waals surface area contributed by atoms with Crippen LogP contribution in [0.15, 0.2) is 42.5 Å². The Kier molecular flexibility index (Phi) is 14.2. The summed E-state index contributed by atoms with van der Waals surface area (Å²) in [5.41, 5.74) is 3.81. The SMILES string of the molecule is CCCCCCC(C)N(C)C(=O)Cc1cccc(C[C@@H](C)NC[C@H](CC(C)(C)[Si](C)(C)O)c2ccc(O)c(CO)c2)c1. The highest BCUT2D eigenvalue weighted by Crippen LogP contribution is 2.44. The summed E-state index contributed by atoms with van der Waals surface area (Å²) >= 11 is 0. The summed E-state index contributed by atoms with van der Waals surface area (Å²) in [5, 5.41) is 23.3. The van der Waals surface area contributed by atoms with Crippen LogP contribution in [0.4, 0.5) is 0 Å². The number of aliphatic hydroxyl groups excluding tert-OH is 1. The van der Waals surface area contributed by atoms with E-state index in [1.807, 2.05) is 49.3 Å². The summed E-state index contributed by atoms with van der Waals surface area (Å²) in [6.07, 6.45) is 7.97. The molecule has 7 heteroatoms. The quantitative estimate of drug-likeness (QED) is 0.110. The number of aliphatic hydroxyl groups is 1. The highest BCUT2D eigenvalue weighted by molar-refractivity contribution is 6.72. The zero-order valence-electron chi connectivity index (χ0n) is 27.5. The number of nitrogens with zero attached hydrogens (tertiary/aromatic N) is 1. The first-order valence-electron chi connectivity index (χ1n) is 15.9. The molecule has 1 unspecified atom stereocenters. The van der Waals surface area contributed by atoms with Crippen molar-refractivity contribution < 1.29 is 19.8 Å². The number of unbranched alkanes of at least 4 members (excludes halogenated alkanes) is 3. The second-order valence-electron chi connectivity index (χ2n) is 13.6. The Hall–Kier alpha value is -2.19. The third-order valence-electron chi connectivity index (χ3n) is 9.29. The van der Waals surface area contributed by atoms with Gasteiger partial charge in [0.05, 0.1) is 13.0 Å². The molecule has 0 aliphatic carbocycles. The van der Waals surface area contributed by atoms with Crippen LogP contribution >= 0.6 is 0 Å². The Bertz CT molecular complexity index is 1110. The highest BCUT2D eigenvalue weighted by atomic mass is 28.4. The molecule has 0 aromatic heterocycles. The maximum atomic E-state index is 13.0. The zero-order chi connectivity index (χ0) is 31.5. The number of amides is 1. The maximum Gasteiger partial charge on any atom is 0.226 e. The largest absolute Gasteiger partial charge is 0.508 e. The van der Waals surface area contributed by atoms with Gasteiger partial charge in [0.1, 0.15) is 5.75 Å². The van der Waals surface area contributed by atoms with Gasteiger partial charge in [-0.05, 0) is 86.0 Å². The highest BCUT2D eigenvalue weighted by Gasteiger charge is 2.40. The van der Waals surface area contributed by atoms with Gasteiger partial charge in [-0.2, -0.15) is 0 Å². The average molecular weight is 599 g/mol. The fourth-order valence-corrected chi connectivity index (χ4v) is 6.15. The molecule has 236 valence electrons. The van der Waals surface area contributed by atoms with E-state index in [2.05, 4.69) is 52.1 Å². The Morgan fingerprint density at radius 1 is 1.05 bits per heavy atom. The fraction of sp³-hybridized carbons (Fsp3) is 0.629. The van der Waals surface area contributed by atoms with Crippen LogP contribution in [0, 0.1) is 0 Å². The Morgan fingerprint density at radius 3 is 2.38 bits per heavy atom. The van der Waals surface area contributed by atoms with E-state index >= 15 is 0 Å². The number of carbonyl (C=O) groups is 1. The van der Waals surface area contributed by atoms with E-state index in [0.29, 0.717) is 18.5 Å². The molecule has 0 aliphatic heterocycles. The summed E-state index contributed by atoms with van der Waals surface area (Å²) in [4.78, 5) is 25.9. The van der Waals surface area contributed by atoms with Crippen molar-refractivity contribution >= 4 is 14.2 Å². The lowest BCUT2D eigenvalue weighted by Crippen LogP contribution is -2.41. The zero-order valence-corrected chi connectivity index (χ0v) is 28.5. The molecule has 2 aromatic rings. The summed E-state index contributed by atoms with van der Waals surface area (Å²) < 4.78 is 0. The molecule has 2 aromatic carbocycles. The molecule has 42 heavy (non-hydrogen) atoms. The van der Waals surface area contributed by atoms with Crippen LogP contribution in [0.5, 0.6) is 5.75 Å². The van der Waals surface area contributed by atoms with Gasteiger partial charge in [0.25, 0.3) is 0 Å². The molecule has 0 bridgehead atoms. The van der Waals surface area contributed by atoms with Gasteiger partial charge in [0.15, 0.2) is 8.32 Å². The fourth-order valence-electron chi connectivity index (χ4n) is 5.40. The minimum Gasteiger partial charge on any atom is -0.508 e. The standard InChI is InChI=1S/C35H58N2O4Si/c1-9-10-11-12-14-27(3)37(6)34(40)21-29-16-13-15-28(20-29)19-26(2)36-24-32(23-35(4,5)42(7,8)41)30-17-18-33(39)31(22-30)25-38/h13,15-18,20,22,26-27,32,36,38-39,41H,9-12,14,19,21,23-25H2,1-8H3/t26-,27?,32+/m1/s1. The van der Waals surface area contributed by atoms with Gasteiger partial charge in [0.2, 0.25) is 5.91 Å². The second-order valence-corrected chi connectivity index (χ2v) is 18.1. The van der Waals surface area contributed by atoms with E-state index in [4.69, 9.17) is 0 Å². The molecule has 2 rings (SSSR count). The number of hydrogen-bond donors (Lipinski definition) is 4. The minimum atomic E-state index is -2.43. The normalized spacial score (nSPS) is 14.4. The Labute approximate surface area is 256 Å². The van der Waals surface area contributed by atoms with Crippen LogP contribution in [-0.2, 0) is 24.2 Å². The molecule has 0 fully saturated rings. The Balaban J connectivity index is 2.05. The van der Waals surface area contributed by atoms with E-state index in [9.17, 15) is 19.8 Å². The van der Waals surface area contributed by atoms with Crippen LogP contribution in [-0.4, -0.2) is 59.8 Å². The van der Waals surface area contributed by atoms with Crippen molar-refractivity contribution in [3.63, 3.8) is 0 Å². The van der Waals surface area contributed by atoms with E-state index < -0.39 is 8.32 Å². The monoisotopic (exact) mass is 598 g/mol. The number of likely N-dealkylation sites (N-methyl/N-ethyl adjacent to an activating group) is 1. The first-order valence-corrected chi connectivity index (χ1v) is 18.8. The molecule has 6 nitrogen and oxygen atoms in total. The van der Waals surface area contributed by atoms with Gasteiger partial charge in [-0.15, -0.1) is 0 Å². The lowest BCUT2D eigenvalue weighted by Gasteiger charge is -2.38. The van der Waals surface area contributed by atoms with Crippen molar-refractivity contribution in [1.29, 1.82) is 0 Å². The third-order valence-corrected chi connectivity index (χ3v) is 12.8. The van der Waals surface area contributed by atoms with Crippen molar-refractivity contribution in [3.8, 4) is 5.75 Å². The van der Waals surface area contributed by atoms with Gasteiger partial charge in [-0.3, -0.25) is 4.79 Å².